The molecule has 2 aliphatic heterocycles. The number of nitriles is 1. The second kappa shape index (κ2) is 8.77. The van der Waals surface area contributed by atoms with E-state index in [9.17, 15) is 23.6 Å². The Labute approximate surface area is 188 Å². The molecule has 1 unspecified atom stereocenters. The number of urea groups is 1. The van der Waals surface area contributed by atoms with Crippen LogP contribution in [0.4, 0.5) is 13.6 Å². The molecular formula is C23H35F2N5O2. The van der Waals surface area contributed by atoms with Gasteiger partial charge in [0.1, 0.15) is 11.6 Å². The van der Waals surface area contributed by atoms with Crippen LogP contribution in [0.25, 0.3) is 0 Å². The highest BCUT2D eigenvalue weighted by atomic mass is 19.3. The molecule has 178 valence electrons. The normalized spacial score (nSPS) is 25.2. The van der Waals surface area contributed by atoms with Gasteiger partial charge in [0.15, 0.2) is 0 Å². The van der Waals surface area contributed by atoms with Gasteiger partial charge in [-0.2, -0.15) is 5.26 Å². The first-order chi connectivity index (χ1) is 15.2. The monoisotopic (exact) mass is 451 g/mol. The van der Waals surface area contributed by atoms with E-state index < -0.39 is 35.9 Å². The van der Waals surface area contributed by atoms with Crippen molar-refractivity contribution in [1.82, 2.24) is 20.4 Å². The molecule has 2 heterocycles. The summed E-state index contributed by atoms with van der Waals surface area (Å²) in [6.45, 7) is 5.04. The van der Waals surface area contributed by atoms with Gasteiger partial charge in [-0.3, -0.25) is 9.69 Å². The molecule has 1 atom stereocenters. The molecule has 32 heavy (non-hydrogen) atoms. The number of rotatable bonds is 8. The molecule has 0 aromatic carbocycles. The van der Waals surface area contributed by atoms with Gasteiger partial charge in [-0.15, -0.1) is 0 Å². The van der Waals surface area contributed by atoms with Gasteiger partial charge in [0, 0.05) is 38.5 Å². The first-order valence-corrected chi connectivity index (χ1v) is 12.1. The number of nitrogens with zero attached hydrogens (tertiary/aromatic N) is 3. The van der Waals surface area contributed by atoms with Crippen molar-refractivity contribution in [3.63, 3.8) is 0 Å². The van der Waals surface area contributed by atoms with E-state index in [4.69, 9.17) is 0 Å². The predicted molar refractivity (Wildman–Crippen MR) is 115 cm³/mol. The highest BCUT2D eigenvalue weighted by Gasteiger charge is 2.48. The predicted octanol–water partition coefficient (Wildman–Crippen LogP) is 3.01. The molecule has 2 N–H and O–H groups in total. The van der Waals surface area contributed by atoms with Crippen LogP contribution in [0.3, 0.4) is 0 Å². The summed E-state index contributed by atoms with van der Waals surface area (Å²) in [6.07, 6.45) is 5.75. The van der Waals surface area contributed by atoms with Crippen LogP contribution in [-0.2, 0) is 4.79 Å². The number of carbonyl (C=O) groups excluding carboxylic acids is 2. The molecule has 4 rings (SSSR count). The molecule has 4 aliphatic rings. The number of hydrogen-bond donors (Lipinski definition) is 2. The summed E-state index contributed by atoms with van der Waals surface area (Å²) >= 11 is 0. The van der Waals surface area contributed by atoms with Crippen molar-refractivity contribution < 1.29 is 18.4 Å². The van der Waals surface area contributed by atoms with Crippen molar-refractivity contribution in [2.45, 2.75) is 94.7 Å². The van der Waals surface area contributed by atoms with Crippen molar-refractivity contribution in [2.24, 2.45) is 5.41 Å². The summed E-state index contributed by atoms with van der Waals surface area (Å²) in [5.41, 5.74) is -0.705. The average molecular weight is 452 g/mol. The Kier molecular flexibility index (Phi) is 6.36. The van der Waals surface area contributed by atoms with Crippen molar-refractivity contribution in [3.05, 3.63) is 0 Å². The van der Waals surface area contributed by atoms with Crippen molar-refractivity contribution in [2.75, 3.05) is 26.2 Å². The lowest BCUT2D eigenvalue weighted by molar-refractivity contribution is -0.126. The first-order valence-electron chi connectivity index (χ1n) is 12.1. The van der Waals surface area contributed by atoms with Crippen LogP contribution in [0.2, 0.25) is 0 Å². The summed E-state index contributed by atoms with van der Waals surface area (Å²) < 4.78 is 28.7. The van der Waals surface area contributed by atoms with Crippen molar-refractivity contribution in [3.8, 4) is 6.07 Å². The summed E-state index contributed by atoms with van der Waals surface area (Å²) in [7, 11) is 0. The molecule has 2 aliphatic carbocycles. The number of likely N-dealkylation sites (tertiary alicyclic amines) is 2. The Morgan fingerprint density at radius 2 is 1.81 bits per heavy atom. The number of amides is 3. The average Bonchev–Trinajstić information content (AvgIpc) is 3.68. The van der Waals surface area contributed by atoms with Crippen LogP contribution >= 0.6 is 0 Å². The minimum absolute atomic E-state index is 0.259. The van der Waals surface area contributed by atoms with Crippen LogP contribution < -0.4 is 10.6 Å². The molecule has 0 aromatic heterocycles. The first kappa shape index (κ1) is 23.2. The van der Waals surface area contributed by atoms with E-state index in [1.54, 1.807) is 11.8 Å². The minimum Gasteiger partial charge on any atom is -0.336 e. The zero-order valence-electron chi connectivity index (χ0n) is 19.0. The molecule has 3 amide bonds. The number of piperidine rings is 1. The molecule has 7 nitrogen and oxygen atoms in total. The van der Waals surface area contributed by atoms with Gasteiger partial charge in [0.2, 0.25) is 5.91 Å². The second-order valence-electron chi connectivity index (χ2n) is 10.4. The molecule has 0 radical (unpaired) electrons. The molecule has 0 bridgehead atoms. The molecule has 0 aromatic rings. The van der Waals surface area contributed by atoms with E-state index in [0.29, 0.717) is 25.9 Å². The van der Waals surface area contributed by atoms with Crippen LogP contribution in [0.5, 0.6) is 0 Å². The lowest BCUT2D eigenvalue weighted by atomic mass is 9.78. The van der Waals surface area contributed by atoms with Gasteiger partial charge in [0.05, 0.1) is 6.07 Å². The Bertz CT molecular complexity index is 767. The van der Waals surface area contributed by atoms with E-state index >= 15 is 0 Å². The maximum atomic E-state index is 14.4. The third kappa shape index (κ3) is 5.33. The smallest absolute Gasteiger partial charge is 0.318 e. The van der Waals surface area contributed by atoms with E-state index in [0.717, 1.165) is 38.4 Å². The fourth-order valence-electron chi connectivity index (χ4n) is 5.24. The third-order valence-electron chi connectivity index (χ3n) is 7.70. The lowest BCUT2D eigenvalue weighted by Gasteiger charge is -2.40. The summed E-state index contributed by atoms with van der Waals surface area (Å²) in [5, 5.41) is 14.4. The molecule has 2 saturated carbocycles. The highest BCUT2D eigenvalue weighted by Crippen LogP contribution is 2.44. The maximum absolute atomic E-state index is 14.4. The second-order valence-corrected chi connectivity index (χ2v) is 10.4. The van der Waals surface area contributed by atoms with Crippen LogP contribution in [0.1, 0.15) is 71.1 Å². The summed E-state index contributed by atoms with van der Waals surface area (Å²) in [5.74, 6) is -3.76. The standard InChI is InChI=1S/C23H35F2N5O2/c1-2-5-23(24,25)14-18(19(31)28-22(15-26)6-7-22)27-20(32)29-11-8-21(9-12-29)10-13-30(16-21)17-3-4-17/h17-18H,2-14,16H2,1H3,(H,27,32)(H,28,31). The maximum Gasteiger partial charge on any atom is 0.318 e. The number of nitrogens with one attached hydrogen (secondary N) is 2. The number of hydrogen-bond acceptors (Lipinski definition) is 4. The summed E-state index contributed by atoms with van der Waals surface area (Å²) in [6, 6.07) is 0.967. The van der Waals surface area contributed by atoms with Crippen LogP contribution in [0.15, 0.2) is 0 Å². The van der Waals surface area contributed by atoms with E-state index in [1.165, 1.54) is 12.8 Å². The SMILES string of the molecule is CCCC(F)(F)CC(NC(=O)N1CCC2(CC1)CCN(C1CC1)C2)C(=O)NC1(C#N)CC1. The number of carbonyl (C=O) groups is 2. The van der Waals surface area contributed by atoms with E-state index in [2.05, 4.69) is 15.5 Å². The zero-order chi connectivity index (χ0) is 23.0. The Hall–Kier alpha value is -1.95. The highest BCUT2D eigenvalue weighted by molar-refractivity contribution is 5.88. The lowest BCUT2D eigenvalue weighted by Crippen LogP contribution is -2.56. The number of alkyl halides is 2. The van der Waals surface area contributed by atoms with Gasteiger partial charge >= 0.3 is 6.03 Å². The quantitative estimate of drug-likeness (QED) is 0.594. The molecule has 9 heteroatoms. The fourth-order valence-corrected chi connectivity index (χ4v) is 5.24. The molecule has 2 saturated heterocycles. The van der Waals surface area contributed by atoms with Crippen molar-refractivity contribution in [1.29, 1.82) is 5.26 Å². The molecular weight excluding hydrogens is 416 g/mol. The summed E-state index contributed by atoms with van der Waals surface area (Å²) in [4.78, 5) is 29.9. The van der Waals surface area contributed by atoms with Crippen molar-refractivity contribution >= 4 is 11.9 Å². The van der Waals surface area contributed by atoms with Gasteiger partial charge in [-0.25, -0.2) is 13.6 Å². The Balaban J connectivity index is 1.34. The third-order valence-corrected chi connectivity index (χ3v) is 7.70. The Morgan fingerprint density at radius 1 is 1.16 bits per heavy atom. The van der Waals surface area contributed by atoms with E-state index in [1.807, 2.05) is 6.07 Å². The zero-order valence-corrected chi connectivity index (χ0v) is 19.0. The largest absolute Gasteiger partial charge is 0.336 e. The van der Waals surface area contributed by atoms with Gasteiger partial charge in [0.25, 0.3) is 5.92 Å². The number of halogens is 2. The minimum atomic E-state index is -3.06. The topological polar surface area (TPSA) is 88.5 Å². The van der Waals surface area contributed by atoms with Crippen LogP contribution in [-0.4, -0.2) is 71.5 Å². The van der Waals surface area contributed by atoms with Gasteiger partial charge in [-0.1, -0.05) is 13.3 Å². The fraction of sp³-hybridized carbons (Fsp3) is 0.870. The Morgan fingerprint density at radius 3 is 2.38 bits per heavy atom. The van der Waals surface area contributed by atoms with Gasteiger partial charge < -0.3 is 15.5 Å². The molecule has 4 fully saturated rings. The van der Waals surface area contributed by atoms with E-state index in [-0.39, 0.29) is 18.3 Å². The van der Waals surface area contributed by atoms with Gasteiger partial charge in [-0.05, 0) is 56.9 Å². The molecule has 1 spiro atoms. The van der Waals surface area contributed by atoms with Crippen LogP contribution in [0, 0.1) is 16.7 Å².